The van der Waals surface area contributed by atoms with E-state index in [0.29, 0.717) is 22.6 Å². The average molecular weight is 488 g/mol. The zero-order chi connectivity index (χ0) is 25.7. The number of carbonyl (C=O) groups is 2. The van der Waals surface area contributed by atoms with Crippen molar-refractivity contribution in [2.45, 2.75) is 45.6 Å². The van der Waals surface area contributed by atoms with Crippen molar-refractivity contribution in [2.24, 2.45) is 5.73 Å². The number of piperidine rings is 1. The highest BCUT2D eigenvalue weighted by molar-refractivity contribution is 6.04. The van der Waals surface area contributed by atoms with Crippen LogP contribution in [0.15, 0.2) is 54.9 Å². The van der Waals surface area contributed by atoms with Crippen molar-refractivity contribution < 1.29 is 9.59 Å². The standard InChI is InChI=1S/C27H33N7O2/c1-4-15-33-16-7-6-8-21(33)26-32-23(24(25(28)35)34(26)29-3)19-9-11-20(12-10-19)27(36)31-22-17-18(5-2)13-14-30-22/h4,9-15,17,21,29H,5-8,16H2,1-3H3,(H2,28,35)(H,30,31,36). The van der Waals surface area contributed by atoms with Crippen molar-refractivity contribution in [3.05, 3.63) is 77.5 Å². The molecule has 36 heavy (non-hydrogen) atoms. The quantitative estimate of drug-likeness (QED) is 0.440. The van der Waals surface area contributed by atoms with Gasteiger partial charge in [0.15, 0.2) is 11.5 Å². The summed E-state index contributed by atoms with van der Waals surface area (Å²) in [5.74, 6) is 0.413. The summed E-state index contributed by atoms with van der Waals surface area (Å²) in [5, 5.41) is 2.84. The molecule has 0 spiro atoms. The molecule has 1 aromatic carbocycles. The molecule has 0 bridgehead atoms. The fraction of sp³-hybridized carbons (Fsp3) is 0.333. The van der Waals surface area contributed by atoms with Gasteiger partial charge in [-0.3, -0.25) is 9.59 Å². The molecule has 0 saturated carbocycles. The highest BCUT2D eigenvalue weighted by atomic mass is 16.2. The smallest absolute Gasteiger partial charge is 0.269 e. The summed E-state index contributed by atoms with van der Waals surface area (Å²) in [6.07, 6.45) is 9.74. The lowest BCUT2D eigenvalue weighted by atomic mass is 10.0. The molecule has 2 aromatic heterocycles. The van der Waals surface area contributed by atoms with E-state index in [1.807, 2.05) is 32.1 Å². The topological polar surface area (TPSA) is 118 Å². The van der Waals surface area contributed by atoms with Crippen LogP contribution in [-0.4, -0.2) is 45.0 Å². The Labute approximate surface area is 211 Å². The zero-order valence-electron chi connectivity index (χ0n) is 21.0. The third-order valence-electron chi connectivity index (χ3n) is 6.44. The monoisotopic (exact) mass is 487 g/mol. The van der Waals surface area contributed by atoms with Crippen LogP contribution in [0, 0.1) is 0 Å². The largest absolute Gasteiger partial charge is 0.368 e. The molecule has 0 radical (unpaired) electrons. The fourth-order valence-corrected chi connectivity index (χ4v) is 4.65. The number of nitrogens with two attached hydrogens (primary N) is 1. The summed E-state index contributed by atoms with van der Waals surface area (Å²) in [4.78, 5) is 36.7. The molecule has 1 aliphatic rings. The van der Waals surface area contributed by atoms with Gasteiger partial charge in [-0.2, -0.15) is 0 Å². The molecule has 1 saturated heterocycles. The van der Waals surface area contributed by atoms with Gasteiger partial charge in [-0.25, -0.2) is 14.6 Å². The van der Waals surface area contributed by atoms with Crippen LogP contribution < -0.4 is 16.5 Å². The van der Waals surface area contributed by atoms with Gasteiger partial charge < -0.3 is 21.4 Å². The Morgan fingerprint density at radius 2 is 1.97 bits per heavy atom. The average Bonchev–Trinajstić information content (AvgIpc) is 3.29. The minimum absolute atomic E-state index is 0.0192. The predicted molar refractivity (Wildman–Crippen MR) is 141 cm³/mol. The molecule has 4 N–H and O–H groups in total. The molecule has 1 fully saturated rings. The summed E-state index contributed by atoms with van der Waals surface area (Å²) in [6.45, 7) is 4.96. The van der Waals surface area contributed by atoms with Gasteiger partial charge in [0.05, 0.1) is 6.04 Å². The van der Waals surface area contributed by atoms with Crippen molar-refractivity contribution in [3.8, 4) is 11.3 Å². The Kier molecular flexibility index (Phi) is 7.68. The Morgan fingerprint density at radius 3 is 2.64 bits per heavy atom. The number of likely N-dealkylation sites (tertiary alicyclic amines) is 1. The number of imidazole rings is 1. The first-order chi connectivity index (χ1) is 17.5. The van der Waals surface area contributed by atoms with Crippen molar-refractivity contribution in [2.75, 3.05) is 24.3 Å². The number of primary amides is 1. The van der Waals surface area contributed by atoms with Gasteiger partial charge in [0.25, 0.3) is 11.8 Å². The molecule has 2 amide bonds. The molecule has 3 heterocycles. The van der Waals surface area contributed by atoms with Gasteiger partial charge in [-0.15, -0.1) is 0 Å². The SMILES string of the molecule is CC=CN1CCCCC1c1nc(-c2ccc(C(=O)Nc3cc(CC)ccn3)cc2)c(C(N)=O)n1NC. The molecule has 1 atom stereocenters. The number of hydrogen-bond donors (Lipinski definition) is 3. The predicted octanol–water partition coefficient (Wildman–Crippen LogP) is 4.09. The molecule has 9 heteroatoms. The summed E-state index contributed by atoms with van der Waals surface area (Å²) in [6, 6.07) is 10.8. The number of allylic oxidation sites excluding steroid dienone is 1. The number of benzene rings is 1. The number of aryl methyl sites for hydroxylation is 1. The molecular weight excluding hydrogens is 454 g/mol. The third-order valence-corrected chi connectivity index (χ3v) is 6.44. The van der Waals surface area contributed by atoms with Crippen LogP contribution in [0.25, 0.3) is 11.3 Å². The first kappa shape index (κ1) is 25.0. The Hall–Kier alpha value is -4.14. The van der Waals surface area contributed by atoms with Crippen molar-refractivity contribution in [3.63, 3.8) is 0 Å². The lowest BCUT2D eigenvalue weighted by Crippen LogP contribution is -2.33. The number of rotatable bonds is 8. The molecular formula is C27H33N7O2. The Bertz CT molecular complexity index is 1260. The van der Waals surface area contributed by atoms with Gasteiger partial charge >= 0.3 is 0 Å². The van der Waals surface area contributed by atoms with Crippen LogP contribution in [0.1, 0.15) is 71.4 Å². The summed E-state index contributed by atoms with van der Waals surface area (Å²) < 4.78 is 1.69. The van der Waals surface area contributed by atoms with E-state index in [2.05, 4.69) is 26.8 Å². The van der Waals surface area contributed by atoms with E-state index < -0.39 is 5.91 Å². The number of aromatic nitrogens is 3. The second-order valence-electron chi connectivity index (χ2n) is 8.76. The number of hydrogen-bond acceptors (Lipinski definition) is 6. The van der Waals surface area contributed by atoms with Crippen molar-refractivity contribution in [1.29, 1.82) is 0 Å². The molecule has 9 nitrogen and oxygen atoms in total. The zero-order valence-corrected chi connectivity index (χ0v) is 21.0. The van der Waals surface area contributed by atoms with Crippen LogP contribution in [0.5, 0.6) is 0 Å². The van der Waals surface area contributed by atoms with E-state index in [0.717, 1.165) is 43.6 Å². The second-order valence-corrected chi connectivity index (χ2v) is 8.76. The number of pyridine rings is 1. The third kappa shape index (κ3) is 5.10. The van der Waals surface area contributed by atoms with E-state index in [9.17, 15) is 9.59 Å². The highest BCUT2D eigenvalue weighted by Crippen LogP contribution is 2.34. The van der Waals surface area contributed by atoms with Crippen molar-refractivity contribution >= 4 is 17.6 Å². The van der Waals surface area contributed by atoms with Gasteiger partial charge in [-0.1, -0.05) is 25.1 Å². The Morgan fingerprint density at radius 1 is 1.19 bits per heavy atom. The van der Waals surface area contributed by atoms with Crippen LogP contribution in [0.3, 0.4) is 0 Å². The molecule has 0 aliphatic carbocycles. The fourth-order valence-electron chi connectivity index (χ4n) is 4.65. The highest BCUT2D eigenvalue weighted by Gasteiger charge is 2.31. The van der Waals surface area contributed by atoms with Crippen LogP contribution in [0.4, 0.5) is 5.82 Å². The van der Waals surface area contributed by atoms with Crippen LogP contribution >= 0.6 is 0 Å². The maximum absolute atomic E-state index is 12.8. The number of nitrogens with one attached hydrogen (secondary N) is 2. The van der Waals surface area contributed by atoms with E-state index in [-0.39, 0.29) is 17.6 Å². The minimum atomic E-state index is -0.574. The van der Waals surface area contributed by atoms with E-state index in [4.69, 9.17) is 10.7 Å². The molecule has 1 aliphatic heterocycles. The molecule has 4 rings (SSSR count). The van der Waals surface area contributed by atoms with Gasteiger partial charge in [0, 0.05) is 30.9 Å². The number of anilines is 1. The number of carbonyl (C=O) groups excluding carboxylic acids is 2. The Balaban J connectivity index is 1.65. The summed E-state index contributed by atoms with van der Waals surface area (Å²) >= 11 is 0. The maximum Gasteiger partial charge on any atom is 0.269 e. The normalized spacial score (nSPS) is 15.8. The molecule has 1 unspecified atom stereocenters. The molecule has 188 valence electrons. The van der Waals surface area contributed by atoms with E-state index in [1.54, 1.807) is 42.2 Å². The van der Waals surface area contributed by atoms with E-state index >= 15 is 0 Å². The number of nitrogens with zero attached hydrogens (tertiary/aromatic N) is 4. The van der Waals surface area contributed by atoms with E-state index in [1.165, 1.54) is 0 Å². The van der Waals surface area contributed by atoms with Gasteiger partial charge in [0.1, 0.15) is 11.5 Å². The lowest BCUT2D eigenvalue weighted by Gasteiger charge is -2.34. The van der Waals surface area contributed by atoms with Gasteiger partial charge in [-0.05, 0) is 68.6 Å². The first-order valence-electron chi connectivity index (χ1n) is 12.3. The minimum Gasteiger partial charge on any atom is -0.368 e. The maximum atomic E-state index is 12.8. The second kappa shape index (κ2) is 11.1. The first-order valence-corrected chi connectivity index (χ1v) is 12.3. The summed E-state index contributed by atoms with van der Waals surface area (Å²) in [5.41, 5.74) is 12.0. The van der Waals surface area contributed by atoms with Crippen molar-refractivity contribution in [1.82, 2.24) is 19.5 Å². The van der Waals surface area contributed by atoms with Crippen LogP contribution in [0.2, 0.25) is 0 Å². The summed E-state index contributed by atoms with van der Waals surface area (Å²) in [7, 11) is 1.75. The number of amides is 2. The lowest BCUT2D eigenvalue weighted by molar-refractivity contribution is 0.0990. The molecule has 3 aromatic rings. The van der Waals surface area contributed by atoms with Gasteiger partial charge in [0.2, 0.25) is 0 Å². The van der Waals surface area contributed by atoms with Crippen LogP contribution in [-0.2, 0) is 6.42 Å².